The molecule has 5 N–H and O–H groups in total. The molecule has 2 rings (SSSR count). The largest absolute Gasteiger partial charge is 0.437 e. The molecule has 0 spiro atoms. The van der Waals surface area contributed by atoms with Gasteiger partial charge in [-0.1, -0.05) is 12.1 Å². The molecule has 0 aliphatic carbocycles. The van der Waals surface area contributed by atoms with Crippen LogP contribution in [-0.4, -0.2) is 51.8 Å². The average molecular weight is 329 g/mol. The van der Waals surface area contributed by atoms with E-state index < -0.39 is 36.3 Å². The Labute approximate surface area is 129 Å². The standard InChI is InChI=1S/C13H14F3N5O2/c14-13(15,16)10-9(11(17)21(20-10)5-6-22)19-8-3-1-7(2-4-8)12(18)23/h1-4,12,17,22-23H,5-6,18H2. The second-order valence-corrected chi connectivity index (χ2v) is 4.64. The van der Waals surface area contributed by atoms with Crippen molar-refractivity contribution in [3.8, 4) is 0 Å². The van der Waals surface area contributed by atoms with Crippen LogP contribution < -0.4 is 5.73 Å². The van der Waals surface area contributed by atoms with Crippen molar-refractivity contribution >= 4 is 22.9 Å². The molecular weight excluding hydrogens is 315 g/mol. The van der Waals surface area contributed by atoms with Gasteiger partial charge in [0.25, 0.3) is 0 Å². The molecule has 0 amide bonds. The predicted octanol–water partition coefficient (Wildman–Crippen LogP) is 0.912. The van der Waals surface area contributed by atoms with E-state index in [1.54, 1.807) is 0 Å². The number of amidine groups is 1. The van der Waals surface area contributed by atoms with E-state index in [0.717, 1.165) is 5.01 Å². The van der Waals surface area contributed by atoms with Crippen LogP contribution >= 0.6 is 0 Å². The Bertz CT molecular complexity index is 653. The first-order chi connectivity index (χ1) is 10.7. The van der Waals surface area contributed by atoms with Gasteiger partial charge in [-0.15, -0.1) is 0 Å². The number of hydrazone groups is 1. The van der Waals surface area contributed by atoms with Crippen LogP contribution in [0.25, 0.3) is 0 Å². The van der Waals surface area contributed by atoms with Crippen molar-refractivity contribution in [1.82, 2.24) is 5.01 Å². The lowest BCUT2D eigenvalue weighted by molar-refractivity contribution is -0.0571. The Morgan fingerprint density at radius 2 is 1.91 bits per heavy atom. The van der Waals surface area contributed by atoms with Crippen LogP contribution in [0.2, 0.25) is 0 Å². The van der Waals surface area contributed by atoms with Crippen LogP contribution in [0.4, 0.5) is 18.9 Å². The van der Waals surface area contributed by atoms with E-state index in [2.05, 4.69) is 10.1 Å². The Kier molecular flexibility index (Phi) is 4.78. The predicted molar refractivity (Wildman–Crippen MR) is 77.7 cm³/mol. The SMILES string of the molecule is N=C1C(=Nc2ccc(C(N)O)cc2)C(C(F)(F)F)=NN1CCO. The van der Waals surface area contributed by atoms with Crippen LogP contribution in [0.3, 0.4) is 0 Å². The van der Waals surface area contributed by atoms with Gasteiger partial charge in [-0.05, 0) is 17.7 Å². The van der Waals surface area contributed by atoms with E-state index in [4.69, 9.17) is 16.2 Å². The van der Waals surface area contributed by atoms with Gasteiger partial charge in [0.15, 0.2) is 11.5 Å². The molecule has 1 aromatic carbocycles. The number of halogens is 3. The van der Waals surface area contributed by atoms with Crippen LogP contribution in [0, 0.1) is 5.41 Å². The molecule has 0 radical (unpaired) electrons. The van der Waals surface area contributed by atoms with Gasteiger partial charge in [0.05, 0.1) is 18.8 Å². The van der Waals surface area contributed by atoms with Crippen molar-refractivity contribution < 1.29 is 23.4 Å². The van der Waals surface area contributed by atoms with Crippen molar-refractivity contribution in [3.05, 3.63) is 29.8 Å². The van der Waals surface area contributed by atoms with Crippen molar-refractivity contribution in [3.63, 3.8) is 0 Å². The van der Waals surface area contributed by atoms with Gasteiger partial charge in [-0.25, -0.2) is 10.0 Å². The number of alkyl halides is 3. The minimum atomic E-state index is -4.78. The highest BCUT2D eigenvalue weighted by atomic mass is 19.4. The Morgan fingerprint density at radius 1 is 1.30 bits per heavy atom. The summed E-state index contributed by atoms with van der Waals surface area (Å²) in [4.78, 5) is 3.82. The summed E-state index contributed by atoms with van der Waals surface area (Å²) < 4.78 is 39.1. The normalized spacial score (nSPS) is 18.5. The van der Waals surface area contributed by atoms with Gasteiger partial charge in [0.1, 0.15) is 11.9 Å². The molecule has 1 atom stereocenters. The molecule has 1 aliphatic heterocycles. The van der Waals surface area contributed by atoms with Crippen LogP contribution in [0.1, 0.15) is 11.8 Å². The van der Waals surface area contributed by atoms with Crippen LogP contribution in [0.5, 0.6) is 0 Å². The fraction of sp³-hybridized carbons (Fsp3) is 0.308. The summed E-state index contributed by atoms with van der Waals surface area (Å²) in [6, 6.07) is 5.57. The molecule has 0 saturated carbocycles. The second kappa shape index (κ2) is 6.44. The van der Waals surface area contributed by atoms with Gasteiger partial charge in [0, 0.05) is 0 Å². The highest BCUT2D eigenvalue weighted by Gasteiger charge is 2.46. The number of nitrogens with zero attached hydrogens (tertiary/aromatic N) is 3. The molecule has 1 aliphatic rings. The minimum absolute atomic E-state index is 0.150. The molecule has 23 heavy (non-hydrogen) atoms. The summed E-state index contributed by atoms with van der Waals surface area (Å²) in [7, 11) is 0. The monoisotopic (exact) mass is 329 g/mol. The van der Waals surface area contributed by atoms with Gasteiger partial charge >= 0.3 is 6.18 Å². The van der Waals surface area contributed by atoms with E-state index in [1.807, 2.05) is 0 Å². The van der Waals surface area contributed by atoms with E-state index in [1.165, 1.54) is 24.3 Å². The molecule has 0 aromatic heterocycles. The third-order valence-corrected chi connectivity index (χ3v) is 2.98. The number of nitrogens with two attached hydrogens (primary N) is 1. The number of nitrogens with one attached hydrogen (secondary N) is 1. The minimum Gasteiger partial charge on any atom is -0.394 e. The number of rotatable bonds is 4. The molecular formula is C13H14F3N5O2. The zero-order chi connectivity index (χ0) is 17.2. The molecule has 124 valence electrons. The summed E-state index contributed by atoms with van der Waals surface area (Å²) >= 11 is 0. The summed E-state index contributed by atoms with van der Waals surface area (Å²) in [5, 5.41) is 29.8. The zero-order valence-corrected chi connectivity index (χ0v) is 11.7. The van der Waals surface area contributed by atoms with Gasteiger partial charge in [-0.2, -0.15) is 18.3 Å². The molecule has 0 fully saturated rings. The van der Waals surface area contributed by atoms with Gasteiger partial charge in [0.2, 0.25) is 0 Å². The maximum Gasteiger partial charge on any atom is 0.437 e. The average Bonchev–Trinajstić information content (AvgIpc) is 2.77. The van der Waals surface area contributed by atoms with Gasteiger partial charge < -0.3 is 15.9 Å². The molecule has 0 saturated heterocycles. The maximum absolute atomic E-state index is 13.0. The highest BCUT2D eigenvalue weighted by Crippen LogP contribution is 2.26. The molecule has 1 unspecified atom stereocenters. The number of aliphatic hydroxyl groups excluding tert-OH is 2. The maximum atomic E-state index is 13.0. The first-order valence-corrected chi connectivity index (χ1v) is 6.50. The Balaban J connectivity index is 2.38. The lowest BCUT2D eigenvalue weighted by Gasteiger charge is -2.11. The number of hydrogen-bond donors (Lipinski definition) is 4. The molecule has 10 heteroatoms. The fourth-order valence-corrected chi connectivity index (χ4v) is 1.88. The summed E-state index contributed by atoms with van der Waals surface area (Å²) in [5.74, 6) is -0.547. The quantitative estimate of drug-likeness (QED) is 0.614. The Hall–Kier alpha value is -2.30. The molecule has 0 bridgehead atoms. The van der Waals surface area contributed by atoms with Crippen LogP contribution in [-0.2, 0) is 0 Å². The Morgan fingerprint density at radius 3 is 2.39 bits per heavy atom. The molecule has 1 heterocycles. The number of β-amino-alcohol motifs (C(OH)–C–C–N with tert-alkyl or cyclic N) is 1. The lowest BCUT2D eigenvalue weighted by Crippen LogP contribution is -2.33. The van der Waals surface area contributed by atoms with Crippen molar-refractivity contribution in [2.24, 2.45) is 15.8 Å². The summed E-state index contributed by atoms with van der Waals surface area (Å²) in [5.41, 5.74) is 3.87. The van der Waals surface area contributed by atoms with Crippen LogP contribution in [0.15, 0.2) is 34.4 Å². The second-order valence-electron chi connectivity index (χ2n) is 4.64. The topological polar surface area (TPSA) is 118 Å². The third-order valence-electron chi connectivity index (χ3n) is 2.98. The van der Waals surface area contributed by atoms with E-state index in [0.29, 0.717) is 5.56 Å². The van der Waals surface area contributed by atoms with E-state index in [9.17, 15) is 18.3 Å². The van der Waals surface area contributed by atoms with E-state index in [-0.39, 0.29) is 12.2 Å². The first-order valence-electron chi connectivity index (χ1n) is 6.50. The fourth-order valence-electron chi connectivity index (χ4n) is 1.88. The molecule has 1 aromatic rings. The van der Waals surface area contributed by atoms with E-state index >= 15 is 0 Å². The van der Waals surface area contributed by atoms with Crippen molar-refractivity contribution in [1.29, 1.82) is 5.41 Å². The first kappa shape index (κ1) is 17.1. The number of benzene rings is 1. The summed E-state index contributed by atoms with van der Waals surface area (Å²) in [6.07, 6.45) is -5.98. The summed E-state index contributed by atoms with van der Waals surface area (Å²) in [6.45, 7) is -0.691. The highest BCUT2D eigenvalue weighted by molar-refractivity contribution is 6.70. The zero-order valence-electron chi connectivity index (χ0n) is 11.7. The van der Waals surface area contributed by atoms with Gasteiger partial charge in [-0.3, -0.25) is 5.41 Å². The third kappa shape index (κ3) is 3.73. The number of hydrogen-bond acceptors (Lipinski definition) is 6. The number of aliphatic imine (C=N–C) groups is 1. The lowest BCUT2D eigenvalue weighted by atomic mass is 10.1. The number of aliphatic hydroxyl groups is 2. The smallest absolute Gasteiger partial charge is 0.394 e. The molecule has 7 nitrogen and oxygen atoms in total. The van der Waals surface area contributed by atoms with Crippen molar-refractivity contribution in [2.45, 2.75) is 12.4 Å². The van der Waals surface area contributed by atoms with Crippen molar-refractivity contribution in [2.75, 3.05) is 13.2 Å².